The molecule has 0 spiro atoms. The van der Waals surface area contributed by atoms with E-state index in [9.17, 15) is 8.42 Å². The van der Waals surface area contributed by atoms with E-state index in [1.165, 1.54) is 23.5 Å². The molecule has 140 valence electrons. The lowest BCUT2D eigenvalue weighted by molar-refractivity contribution is 0.402. The first kappa shape index (κ1) is 18.7. The Labute approximate surface area is 158 Å². The van der Waals surface area contributed by atoms with E-state index < -0.39 is 10.0 Å². The van der Waals surface area contributed by atoms with Crippen molar-refractivity contribution in [2.75, 3.05) is 30.8 Å². The number of hydrogen-bond acceptors (Lipinski definition) is 5. The molecule has 0 saturated carbocycles. The number of rotatable bonds is 4. The zero-order valence-corrected chi connectivity index (χ0v) is 16.2. The van der Waals surface area contributed by atoms with E-state index in [1.54, 1.807) is 19.2 Å². The maximum Gasteiger partial charge on any atom is 0.268 e. The Hall–Kier alpha value is -2.12. The summed E-state index contributed by atoms with van der Waals surface area (Å²) in [5.41, 5.74) is 7.55. The average molecular weight is 397 g/mol. The summed E-state index contributed by atoms with van der Waals surface area (Å²) < 4.78 is 39.0. The fourth-order valence-electron chi connectivity index (χ4n) is 3.19. The maximum absolute atomic E-state index is 13.5. The first-order valence-corrected chi connectivity index (χ1v) is 10.0. The molecule has 0 fully saturated rings. The molecule has 26 heavy (non-hydrogen) atoms. The second-order valence-corrected chi connectivity index (χ2v) is 8.25. The first-order chi connectivity index (χ1) is 12.4. The van der Waals surface area contributed by atoms with Crippen LogP contribution in [0.25, 0.3) is 0 Å². The van der Waals surface area contributed by atoms with Crippen LogP contribution in [0.15, 0.2) is 35.2 Å². The number of halogens is 1. The molecule has 2 N–H and O–H groups in total. The van der Waals surface area contributed by atoms with Crippen LogP contribution in [0, 0.1) is 0 Å². The largest absolute Gasteiger partial charge is 0.496 e. The van der Waals surface area contributed by atoms with E-state index in [4.69, 9.17) is 26.8 Å². The number of nitrogens with zero attached hydrogens (tertiary/aromatic N) is 1. The van der Waals surface area contributed by atoms with Crippen molar-refractivity contribution < 1.29 is 17.9 Å². The minimum absolute atomic E-state index is 0.00225. The predicted molar refractivity (Wildman–Crippen MR) is 103 cm³/mol. The van der Waals surface area contributed by atoms with Crippen LogP contribution in [-0.4, -0.2) is 29.2 Å². The maximum atomic E-state index is 13.5. The number of nitrogens with two attached hydrogens (primary N) is 1. The first-order valence-electron chi connectivity index (χ1n) is 8.21. The summed E-state index contributed by atoms with van der Waals surface area (Å²) in [6.07, 6.45) is 2.37. The van der Waals surface area contributed by atoms with Gasteiger partial charge in [0, 0.05) is 18.2 Å². The van der Waals surface area contributed by atoms with Crippen molar-refractivity contribution in [3.05, 3.63) is 40.9 Å². The molecule has 1 aliphatic heterocycles. The molecule has 3 rings (SSSR count). The third-order valence-electron chi connectivity index (χ3n) is 4.49. The summed E-state index contributed by atoms with van der Waals surface area (Å²) in [6.45, 7) is 0.369. The molecule has 0 aromatic heterocycles. The Morgan fingerprint density at radius 2 is 1.85 bits per heavy atom. The van der Waals surface area contributed by atoms with Crippen molar-refractivity contribution in [2.45, 2.75) is 24.2 Å². The number of ether oxygens (including phenoxy) is 2. The lowest BCUT2D eigenvalue weighted by Crippen LogP contribution is -2.32. The molecule has 0 atom stereocenters. The van der Waals surface area contributed by atoms with Gasteiger partial charge >= 0.3 is 0 Å². The Kier molecular flexibility index (Phi) is 5.20. The number of hydrogen-bond donors (Lipinski definition) is 1. The fraction of sp³-hybridized carbons (Fsp3) is 0.333. The molecule has 2 aromatic carbocycles. The van der Waals surface area contributed by atoms with Crippen molar-refractivity contribution in [2.24, 2.45) is 0 Å². The van der Waals surface area contributed by atoms with Gasteiger partial charge in [-0.15, -0.1) is 0 Å². The van der Waals surface area contributed by atoms with Gasteiger partial charge in [-0.2, -0.15) is 0 Å². The Morgan fingerprint density at radius 1 is 1.12 bits per heavy atom. The number of nitrogen functional groups attached to an aromatic ring is 1. The van der Waals surface area contributed by atoms with Gasteiger partial charge in [0.25, 0.3) is 10.0 Å². The standard InChI is InChI=1S/C18H21ClN2O4S/c1-24-16-8-5-7-15-12(16)6-3-4-9-21(15)26(22,23)18-11-14(20)13(19)10-17(18)25-2/h5,7-8,10-11H,3-4,6,9,20H2,1-2H3. The Balaban J connectivity index is 2.19. The topological polar surface area (TPSA) is 81.9 Å². The second-order valence-electron chi connectivity index (χ2n) is 6.02. The molecule has 0 saturated heterocycles. The number of benzene rings is 2. The van der Waals surface area contributed by atoms with Gasteiger partial charge in [-0.25, -0.2) is 8.42 Å². The summed E-state index contributed by atoms with van der Waals surface area (Å²) in [7, 11) is -0.903. The van der Waals surface area contributed by atoms with E-state index in [1.807, 2.05) is 6.07 Å². The highest BCUT2D eigenvalue weighted by Crippen LogP contribution is 2.39. The number of anilines is 2. The van der Waals surface area contributed by atoms with Gasteiger partial charge in [0.15, 0.2) is 0 Å². The van der Waals surface area contributed by atoms with E-state index in [0.29, 0.717) is 18.0 Å². The van der Waals surface area contributed by atoms with Crippen LogP contribution in [0.5, 0.6) is 11.5 Å². The van der Waals surface area contributed by atoms with E-state index >= 15 is 0 Å². The van der Waals surface area contributed by atoms with Crippen LogP contribution >= 0.6 is 11.6 Å². The van der Waals surface area contributed by atoms with Crippen LogP contribution < -0.4 is 19.5 Å². The van der Waals surface area contributed by atoms with Gasteiger partial charge in [-0.3, -0.25) is 4.31 Å². The number of methoxy groups -OCH3 is 2. The van der Waals surface area contributed by atoms with Gasteiger partial charge < -0.3 is 15.2 Å². The highest BCUT2D eigenvalue weighted by atomic mass is 35.5. The fourth-order valence-corrected chi connectivity index (χ4v) is 5.05. The third-order valence-corrected chi connectivity index (χ3v) is 6.65. The predicted octanol–water partition coefficient (Wildman–Crippen LogP) is 3.47. The summed E-state index contributed by atoms with van der Waals surface area (Å²) >= 11 is 6.02. The van der Waals surface area contributed by atoms with Crippen LogP contribution in [-0.2, 0) is 16.4 Å². The molecule has 8 heteroatoms. The van der Waals surface area contributed by atoms with Gasteiger partial charge in [0.05, 0.1) is 30.6 Å². The molecule has 0 radical (unpaired) electrons. The second kappa shape index (κ2) is 7.25. The zero-order valence-electron chi connectivity index (χ0n) is 14.7. The van der Waals surface area contributed by atoms with Gasteiger partial charge in [-0.1, -0.05) is 17.7 Å². The summed E-state index contributed by atoms with van der Waals surface area (Å²) in [5, 5.41) is 0.249. The SMILES string of the molecule is COc1cc(Cl)c(N)cc1S(=O)(=O)N1CCCCc2c(OC)cccc21. The molecular formula is C18H21ClN2O4S. The van der Waals surface area contributed by atoms with Crippen molar-refractivity contribution in [3.63, 3.8) is 0 Å². The summed E-state index contributed by atoms with van der Waals surface area (Å²) in [5.74, 6) is 0.852. The Morgan fingerprint density at radius 3 is 2.54 bits per heavy atom. The minimum Gasteiger partial charge on any atom is -0.496 e. The lowest BCUT2D eigenvalue weighted by atomic mass is 10.1. The molecule has 1 heterocycles. The molecule has 2 aromatic rings. The molecule has 1 aliphatic rings. The quantitative estimate of drug-likeness (QED) is 0.800. The van der Waals surface area contributed by atoms with Crippen molar-refractivity contribution >= 4 is 33.0 Å². The van der Waals surface area contributed by atoms with Gasteiger partial charge in [0.2, 0.25) is 0 Å². The number of sulfonamides is 1. The number of fused-ring (bicyclic) bond motifs is 1. The Bertz CT molecular complexity index is 931. The minimum atomic E-state index is -3.89. The van der Waals surface area contributed by atoms with Crippen LogP contribution in [0.3, 0.4) is 0 Å². The van der Waals surface area contributed by atoms with Crippen LogP contribution in [0.2, 0.25) is 5.02 Å². The normalized spacial score (nSPS) is 14.5. The van der Waals surface area contributed by atoms with Crippen LogP contribution in [0.1, 0.15) is 18.4 Å². The zero-order chi connectivity index (χ0) is 18.9. The van der Waals surface area contributed by atoms with E-state index in [0.717, 1.165) is 24.8 Å². The van der Waals surface area contributed by atoms with Gasteiger partial charge in [-0.05, 0) is 37.5 Å². The van der Waals surface area contributed by atoms with Crippen molar-refractivity contribution in [1.29, 1.82) is 0 Å². The summed E-state index contributed by atoms with van der Waals surface area (Å²) in [4.78, 5) is -0.00225. The van der Waals surface area contributed by atoms with E-state index in [-0.39, 0.29) is 21.4 Å². The molecule has 6 nitrogen and oxygen atoms in total. The molecule has 0 bridgehead atoms. The van der Waals surface area contributed by atoms with Gasteiger partial charge in [0.1, 0.15) is 16.4 Å². The molecule has 0 amide bonds. The monoisotopic (exact) mass is 396 g/mol. The highest BCUT2D eigenvalue weighted by molar-refractivity contribution is 7.93. The highest BCUT2D eigenvalue weighted by Gasteiger charge is 2.32. The smallest absolute Gasteiger partial charge is 0.268 e. The van der Waals surface area contributed by atoms with Crippen molar-refractivity contribution in [3.8, 4) is 11.5 Å². The third kappa shape index (κ3) is 3.17. The lowest BCUT2D eigenvalue weighted by Gasteiger charge is -2.26. The van der Waals surface area contributed by atoms with Crippen LogP contribution in [0.4, 0.5) is 11.4 Å². The molecule has 0 unspecified atom stereocenters. The van der Waals surface area contributed by atoms with E-state index in [2.05, 4.69) is 0 Å². The van der Waals surface area contributed by atoms with Crippen molar-refractivity contribution in [1.82, 2.24) is 0 Å². The molecular weight excluding hydrogens is 376 g/mol. The summed E-state index contributed by atoms with van der Waals surface area (Å²) in [6, 6.07) is 8.20. The average Bonchev–Trinajstić information content (AvgIpc) is 2.86. The molecule has 0 aliphatic carbocycles.